The SMILES string of the molecule is O=S(=O)(Oc1nc(-c2ccc(N3CCOCC3)cc2)cc2ncccc12)C(F)(F)F. The molecule has 1 fully saturated rings. The first kappa shape index (κ1) is 20.4. The van der Waals surface area contributed by atoms with Crippen LogP contribution in [-0.4, -0.2) is 50.2 Å². The van der Waals surface area contributed by atoms with Crippen LogP contribution in [0.25, 0.3) is 22.2 Å². The van der Waals surface area contributed by atoms with Crippen LogP contribution in [0.15, 0.2) is 48.7 Å². The molecule has 7 nitrogen and oxygen atoms in total. The van der Waals surface area contributed by atoms with Crippen LogP contribution < -0.4 is 9.08 Å². The molecule has 0 atom stereocenters. The average Bonchev–Trinajstić information content (AvgIpc) is 2.73. The number of rotatable bonds is 4. The Hall–Kier alpha value is -2.92. The van der Waals surface area contributed by atoms with Gasteiger partial charge < -0.3 is 13.8 Å². The summed E-state index contributed by atoms with van der Waals surface area (Å²) in [6.07, 6.45) is 1.44. The second kappa shape index (κ2) is 7.73. The van der Waals surface area contributed by atoms with E-state index in [4.69, 9.17) is 4.74 Å². The van der Waals surface area contributed by atoms with Gasteiger partial charge in [0.15, 0.2) is 0 Å². The number of pyridine rings is 2. The Balaban J connectivity index is 1.73. The molecule has 1 aromatic carbocycles. The van der Waals surface area contributed by atoms with Crippen LogP contribution in [0.1, 0.15) is 0 Å². The summed E-state index contributed by atoms with van der Waals surface area (Å²) in [4.78, 5) is 10.3. The molecule has 11 heteroatoms. The van der Waals surface area contributed by atoms with Crippen LogP contribution in [0.4, 0.5) is 18.9 Å². The zero-order valence-corrected chi connectivity index (χ0v) is 16.3. The van der Waals surface area contributed by atoms with Gasteiger partial charge in [-0.15, -0.1) is 0 Å². The van der Waals surface area contributed by atoms with Crippen LogP contribution in [0.2, 0.25) is 0 Å². The summed E-state index contributed by atoms with van der Waals surface area (Å²) in [6.45, 7) is 2.78. The van der Waals surface area contributed by atoms with Crippen molar-refractivity contribution in [2.75, 3.05) is 31.2 Å². The maximum Gasteiger partial charge on any atom is 0.534 e. The standard InChI is InChI=1S/C19H16F3N3O4S/c20-19(21,22)30(26,27)29-18-15-2-1-7-23-17(15)12-16(24-18)13-3-5-14(6-4-13)25-8-10-28-11-9-25/h1-7,12H,8-11H2. The predicted octanol–water partition coefficient (Wildman–Crippen LogP) is 3.36. The normalized spacial score (nSPS) is 15.4. The van der Waals surface area contributed by atoms with Crippen LogP contribution >= 0.6 is 0 Å². The Kier molecular flexibility index (Phi) is 5.24. The Bertz CT molecular complexity index is 1160. The molecule has 0 saturated carbocycles. The van der Waals surface area contributed by atoms with Crippen LogP contribution in [0.3, 0.4) is 0 Å². The molecule has 1 aliphatic rings. The number of fused-ring (bicyclic) bond motifs is 1. The average molecular weight is 439 g/mol. The lowest BCUT2D eigenvalue weighted by molar-refractivity contribution is -0.0500. The van der Waals surface area contributed by atoms with Gasteiger partial charge >= 0.3 is 15.6 Å². The first-order chi connectivity index (χ1) is 14.2. The monoisotopic (exact) mass is 439 g/mol. The number of alkyl halides is 3. The molecule has 4 rings (SSSR count). The highest BCUT2D eigenvalue weighted by molar-refractivity contribution is 7.88. The number of anilines is 1. The van der Waals surface area contributed by atoms with E-state index >= 15 is 0 Å². The summed E-state index contributed by atoms with van der Waals surface area (Å²) >= 11 is 0. The Morgan fingerprint density at radius 3 is 2.43 bits per heavy atom. The van der Waals surface area contributed by atoms with Gasteiger partial charge in [0.25, 0.3) is 0 Å². The van der Waals surface area contributed by atoms with Crippen LogP contribution in [0, 0.1) is 0 Å². The lowest BCUT2D eigenvalue weighted by Crippen LogP contribution is -2.36. The molecule has 3 heterocycles. The summed E-state index contributed by atoms with van der Waals surface area (Å²) < 4.78 is 71.1. The van der Waals surface area contributed by atoms with E-state index in [9.17, 15) is 21.6 Å². The lowest BCUT2D eigenvalue weighted by atomic mass is 10.1. The van der Waals surface area contributed by atoms with E-state index in [1.807, 2.05) is 12.1 Å². The minimum absolute atomic E-state index is 0.0546. The van der Waals surface area contributed by atoms with Crippen molar-refractivity contribution in [1.29, 1.82) is 0 Å². The van der Waals surface area contributed by atoms with Gasteiger partial charge in [0.2, 0.25) is 5.88 Å². The second-order valence-electron chi connectivity index (χ2n) is 6.51. The van der Waals surface area contributed by atoms with Crippen molar-refractivity contribution in [3.63, 3.8) is 0 Å². The van der Waals surface area contributed by atoms with Gasteiger partial charge in [-0.1, -0.05) is 12.1 Å². The Morgan fingerprint density at radius 2 is 1.77 bits per heavy atom. The van der Waals surface area contributed by atoms with Crippen molar-refractivity contribution in [2.45, 2.75) is 5.51 Å². The molecule has 0 aliphatic carbocycles. The number of hydrogen-bond acceptors (Lipinski definition) is 7. The van der Waals surface area contributed by atoms with Gasteiger partial charge in [0.1, 0.15) is 0 Å². The van der Waals surface area contributed by atoms with Crippen LogP contribution in [-0.2, 0) is 14.9 Å². The molecule has 3 aromatic rings. The van der Waals surface area contributed by atoms with Gasteiger partial charge in [-0.2, -0.15) is 21.6 Å². The van der Waals surface area contributed by atoms with Gasteiger partial charge in [-0.05, 0) is 30.3 Å². The zero-order valence-electron chi connectivity index (χ0n) is 15.5. The van der Waals surface area contributed by atoms with Gasteiger partial charge in [-0.3, -0.25) is 4.98 Å². The summed E-state index contributed by atoms with van der Waals surface area (Å²) in [6, 6.07) is 11.6. The van der Waals surface area contributed by atoms with Crippen molar-refractivity contribution in [3.05, 3.63) is 48.7 Å². The third kappa shape index (κ3) is 4.03. The third-order valence-electron chi connectivity index (χ3n) is 4.58. The molecule has 0 spiro atoms. The van der Waals surface area contributed by atoms with E-state index in [1.54, 1.807) is 18.2 Å². The number of benzene rings is 1. The summed E-state index contributed by atoms with van der Waals surface area (Å²) in [5.41, 5.74) is -3.53. The van der Waals surface area contributed by atoms with E-state index in [1.165, 1.54) is 18.3 Å². The van der Waals surface area contributed by atoms with Crippen molar-refractivity contribution in [1.82, 2.24) is 9.97 Å². The molecule has 0 radical (unpaired) electrons. The minimum atomic E-state index is -5.87. The molecule has 158 valence electrons. The fourth-order valence-corrected chi connectivity index (χ4v) is 3.50. The van der Waals surface area contributed by atoms with E-state index in [-0.39, 0.29) is 16.6 Å². The Morgan fingerprint density at radius 1 is 1.07 bits per heavy atom. The predicted molar refractivity (Wildman–Crippen MR) is 104 cm³/mol. The molecule has 0 bridgehead atoms. The number of halogens is 3. The maximum absolute atomic E-state index is 12.8. The fourth-order valence-electron chi connectivity index (χ4n) is 3.07. The van der Waals surface area contributed by atoms with Crippen molar-refractivity contribution >= 4 is 26.7 Å². The summed E-state index contributed by atoms with van der Waals surface area (Å²) in [5.74, 6) is -0.676. The number of morpholine rings is 1. The van der Waals surface area contributed by atoms with Gasteiger partial charge in [-0.25, -0.2) is 4.98 Å². The molecule has 1 aliphatic heterocycles. The van der Waals surface area contributed by atoms with E-state index in [0.717, 1.165) is 18.8 Å². The first-order valence-corrected chi connectivity index (χ1v) is 10.3. The number of nitrogens with zero attached hydrogens (tertiary/aromatic N) is 3. The molecule has 0 amide bonds. The zero-order chi connectivity index (χ0) is 21.4. The molecule has 2 aromatic heterocycles. The molecule has 1 saturated heterocycles. The van der Waals surface area contributed by atoms with Gasteiger partial charge in [0.05, 0.1) is 29.8 Å². The molecule has 0 unspecified atom stereocenters. The topological polar surface area (TPSA) is 81.6 Å². The fraction of sp³-hybridized carbons (Fsp3) is 0.263. The Labute approximate surface area is 170 Å². The highest BCUT2D eigenvalue weighted by atomic mass is 32.2. The lowest BCUT2D eigenvalue weighted by Gasteiger charge is -2.28. The summed E-state index contributed by atoms with van der Waals surface area (Å²) in [7, 11) is -5.87. The van der Waals surface area contributed by atoms with E-state index in [2.05, 4.69) is 19.1 Å². The summed E-state index contributed by atoms with van der Waals surface area (Å²) in [5, 5.41) is 0.0546. The molecular formula is C19H16F3N3O4S. The maximum atomic E-state index is 12.8. The van der Waals surface area contributed by atoms with Crippen LogP contribution in [0.5, 0.6) is 5.88 Å². The second-order valence-corrected chi connectivity index (χ2v) is 8.05. The minimum Gasteiger partial charge on any atom is -0.378 e. The van der Waals surface area contributed by atoms with Crippen molar-refractivity contribution < 1.29 is 30.5 Å². The number of ether oxygens (including phenoxy) is 1. The molecular weight excluding hydrogens is 423 g/mol. The quantitative estimate of drug-likeness (QED) is 0.455. The number of hydrogen-bond donors (Lipinski definition) is 0. The van der Waals surface area contributed by atoms with Gasteiger partial charge in [0, 0.05) is 30.5 Å². The third-order valence-corrected chi connectivity index (χ3v) is 5.52. The molecule has 30 heavy (non-hydrogen) atoms. The number of aromatic nitrogens is 2. The molecule has 0 N–H and O–H groups in total. The smallest absolute Gasteiger partial charge is 0.378 e. The van der Waals surface area contributed by atoms with E-state index in [0.29, 0.717) is 18.8 Å². The highest BCUT2D eigenvalue weighted by Crippen LogP contribution is 2.33. The van der Waals surface area contributed by atoms with E-state index < -0.39 is 21.5 Å². The van der Waals surface area contributed by atoms with Crippen molar-refractivity contribution in [2.24, 2.45) is 0 Å². The highest BCUT2D eigenvalue weighted by Gasteiger charge is 2.49. The largest absolute Gasteiger partial charge is 0.534 e. The van der Waals surface area contributed by atoms with Crippen molar-refractivity contribution in [3.8, 4) is 17.1 Å². The first-order valence-electron chi connectivity index (χ1n) is 8.94.